The minimum absolute atomic E-state index is 0. The summed E-state index contributed by atoms with van der Waals surface area (Å²) in [4.78, 5) is 15.3. The average Bonchev–Trinajstić information content (AvgIpc) is 3.96. The Morgan fingerprint density at radius 3 is 2.10 bits per heavy atom. The van der Waals surface area contributed by atoms with E-state index in [2.05, 4.69) is 47.0 Å². The number of fused-ring (bicyclic) bond motifs is 7. The Balaban J connectivity index is 0.00000458. The number of rotatable bonds is 5. The maximum atomic E-state index is 15.3. The minimum Gasteiger partial charge on any atom is -0.656 e. The van der Waals surface area contributed by atoms with Crippen LogP contribution in [0.5, 0.6) is 0 Å². The number of pyridine rings is 1. The summed E-state index contributed by atoms with van der Waals surface area (Å²) in [6, 6.07) is 54.7. The van der Waals surface area contributed by atoms with E-state index in [9.17, 15) is 0 Å². The van der Waals surface area contributed by atoms with Gasteiger partial charge in [-0.25, -0.2) is 9.97 Å². The first-order valence-electron chi connectivity index (χ1n) is 20.2. The van der Waals surface area contributed by atoms with Crippen LogP contribution in [0.1, 0.15) is 31.9 Å². The molecule has 5 nitrogen and oxygen atoms in total. The maximum Gasteiger partial charge on any atom is 2.00 e. The van der Waals surface area contributed by atoms with E-state index >= 15 is 13.2 Å². The molecule has 11 aromatic rings. The van der Waals surface area contributed by atoms with Crippen LogP contribution in [-0.2, 0) is 32.7 Å². The van der Waals surface area contributed by atoms with Crippen LogP contribution < -0.4 is 4.98 Å². The Labute approximate surface area is 369 Å². The number of hydrogen-bond acceptors (Lipinski definition) is 2. The second kappa shape index (κ2) is 14.7. The van der Waals surface area contributed by atoms with Gasteiger partial charge in [0.1, 0.15) is 11.6 Å². The van der Waals surface area contributed by atoms with Crippen LogP contribution in [0, 0.1) is 6.07 Å². The number of benzene rings is 7. The van der Waals surface area contributed by atoms with Crippen molar-refractivity contribution < 1.29 is 34.2 Å². The zero-order chi connectivity index (χ0) is 41.6. The quantitative estimate of drug-likeness (QED) is 0.161. The van der Waals surface area contributed by atoms with Crippen molar-refractivity contribution in [3.63, 3.8) is 0 Å². The number of alkyl halides is 3. The molecule has 0 N–H and O–H groups in total. The fraction of sp³-hybridized carbons (Fsp3) is 0.0943. The van der Waals surface area contributed by atoms with Crippen molar-refractivity contribution in [1.82, 2.24) is 24.1 Å². The van der Waals surface area contributed by atoms with E-state index < -0.39 is 17.2 Å². The van der Waals surface area contributed by atoms with Crippen molar-refractivity contribution in [2.24, 2.45) is 0 Å². The molecule has 0 radical (unpaired) electrons. The monoisotopic (exact) mass is 994 g/mol. The summed E-state index contributed by atoms with van der Waals surface area (Å²) in [5, 5.41) is 2.67. The van der Waals surface area contributed by atoms with Gasteiger partial charge in [-0.3, -0.25) is 4.57 Å². The summed E-state index contributed by atoms with van der Waals surface area (Å²) in [6.45, 7) is 5.79. The van der Waals surface area contributed by atoms with Crippen LogP contribution in [0.15, 0.2) is 164 Å². The molecule has 0 aliphatic heterocycles. The first-order valence-corrected chi connectivity index (χ1v) is 20.2. The van der Waals surface area contributed by atoms with Crippen molar-refractivity contribution in [3.8, 4) is 45.1 Å². The topological polar surface area (TPSA) is 49.7 Å². The number of hydrogen-bond donors (Lipinski definition) is 0. The predicted molar refractivity (Wildman–Crippen MR) is 240 cm³/mol. The van der Waals surface area contributed by atoms with Gasteiger partial charge in [0, 0.05) is 23.0 Å². The molecule has 304 valence electrons. The molecule has 0 amide bonds. The third-order valence-corrected chi connectivity index (χ3v) is 11.7. The molecule has 0 fully saturated rings. The Bertz CT molecular complexity index is 3500. The fourth-order valence-electron chi connectivity index (χ4n) is 8.79. The molecule has 4 heterocycles. The van der Waals surface area contributed by atoms with Crippen molar-refractivity contribution in [3.05, 3.63) is 181 Å². The van der Waals surface area contributed by atoms with Gasteiger partial charge >= 0.3 is 27.2 Å². The Hall–Kier alpha value is -6.76. The van der Waals surface area contributed by atoms with Gasteiger partial charge in [-0.05, 0) is 86.2 Å². The molecule has 4 aromatic heterocycles. The first kappa shape index (κ1) is 39.4. The van der Waals surface area contributed by atoms with Gasteiger partial charge in [0.2, 0.25) is 0 Å². The van der Waals surface area contributed by atoms with E-state index in [1.807, 2.05) is 135 Å². The van der Waals surface area contributed by atoms with Crippen LogP contribution in [0.25, 0.3) is 99.8 Å². The summed E-state index contributed by atoms with van der Waals surface area (Å²) in [6.07, 6.45) is -2.91. The SMILES string of the molecule is CC(C)(C)c1cc(C(F)(F)F)c2c3ccc(-c4cccc5c4nc(-c4cccc6c4[n-]c4ccccc46)n5-c4ccccc4)[c-]c3n(-c3cc(-c4ccccc4)ccn3)c2c1.[Pt+2]. The number of halogens is 3. The molecule has 7 aromatic carbocycles. The molecule has 9 heteroatoms. The van der Waals surface area contributed by atoms with E-state index in [1.165, 1.54) is 6.07 Å². The van der Waals surface area contributed by atoms with Crippen LogP contribution in [0.3, 0.4) is 0 Å². The van der Waals surface area contributed by atoms with Crippen molar-refractivity contribution in [2.45, 2.75) is 32.4 Å². The van der Waals surface area contributed by atoms with Crippen molar-refractivity contribution in [1.29, 1.82) is 0 Å². The second-order valence-corrected chi connectivity index (χ2v) is 16.5. The Kier molecular flexibility index (Phi) is 9.34. The van der Waals surface area contributed by atoms with Gasteiger partial charge in [-0.1, -0.05) is 135 Å². The average molecular weight is 995 g/mol. The van der Waals surface area contributed by atoms with E-state index in [0.29, 0.717) is 33.4 Å². The Morgan fingerprint density at radius 1 is 0.613 bits per heavy atom. The standard InChI is InChI=1S/C53H36F3N5.Pt/c1-52(2,3)35-30-42(53(54,55)56)48-40-25-24-34(28-45(40)61(46(48)31-35)47-29-33(26-27-57-47)32-14-6-4-7-15-32)37-19-13-23-44-50(37)59-51(60(44)36-16-8-5-9-17-36)41-21-12-20-39-38-18-10-11-22-43(38)58-49(39)41;/h4-27,29-31H,1-3H3;/q-2;+2. The molecule has 0 atom stereocenters. The summed E-state index contributed by atoms with van der Waals surface area (Å²) in [5.41, 5.74) is 8.75. The number of imidazole rings is 1. The normalized spacial score (nSPS) is 12.2. The second-order valence-electron chi connectivity index (χ2n) is 16.5. The smallest absolute Gasteiger partial charge is 0.656 e. The van der Waals surface area contributed by atoms with Crippen molar-refractivity contribution >= 4 is 54.6 Å². The Morgan fingerprint density at radius 2 is 1.32 bits per heavy atom. The first-order chi connectivity index (χ1) is 29.5. The zero-order valence-corrected chi connectivity index (χ0v) is 36.0. The largest absolute Gasteiger partial charge is 2.00 e. The molecule has 62 heavy (non-hydrogen) atoms. The summed E-state index contributed by atoms with van der Waals surface area (Å²) in [7, 11) is 0. The molecular weight excluding hydrogens is 959 g/mol. The zero-order valence-electron chi connectivity index (χ0n) is 33.8. The van der Waals surface area contributed by atoms with Gasteiger partial charge in [0.05, 0.1) is 16.6 Å². The molecule has 0 aliphatic carbocycles. The van der Waals surface area contributed by atoms with Crippen molar-refractivity contribution in [2.75, 3.05) is 0 Å². The van der Waals surface area contributed by atoms with Gasteiger partial charge in [-0.15, -0.1) is 34.8 Å². The van der Waals surface area contributed by atoms with E-state index in [0.717, 1.165) is 66.6 Å². The molecule has 0 bridgehead atoms. The maximum absolute atomic E-state index is 15.3. The minimum atomic E-state index is -4.62. The number of nitrogens with zero attached hydrogens (tertiary/aromatic N) is 5. The molecule has 11 rings (SSSR count). The fourth-order valence-corrected chi connectivity index (χ4v) is 8.79. The third kappa shape index (κ3) is 6.35. The molecule has 0 spiro atoms. The molecule has 0 saturated carbocycles. The van der Waals surface area contributed by atoms with Crippen LogP contribution >= 0.6 is 0 Å². The molecule has 0 unspecified atom stereocenters. The number of aromatic nitrogens is 5. The van der Waals surface area contributed by atoms with Gasteiger partial charge in [-0.2, -0.15) is 13.2 Å². The van der Waals surface area contributed by atoms with Crippen LogP contribution in [-0.4, -0.2) is 19.1 Å². The predicted octanol–water partition coefficient (Wildman–Crippen LogP) is 13.9. The molecular formula is C53H36F3N5Pt. The summed E-state index contributed by atoms with van der Waals surface area (Å²) >= 11 is 0. The van der Waals surface area contributed by atoms with Gasteiger partial charge in [0.25, 0.3) is 0 Å². The summed E-state index contributed by atoms with van der Waals surface area (Å²) in [5.74, 6) is 1.22. The molecule has 0 aliphatic rings. The van der Waals surface area contributed by atoms with Crippen LogP contribution in [0.4, 0.5) is 13.2 Å². The third-order valence-electron chi connectivity index (χ3n) is 11.7. The van der Waals surface area contributed by atoms with E-state index in [-0.39, 0.29) is 26.5 Å². The number of para-hydroxylation sites is 4. The van der Waals surface area contributed by atoms with E-state index in [4.69, 9.17) is 15.0 Å². The van der Waals surface area contributed by atoms with Crippen LogP contribution in [0.2, 0.25) is 0 Å². The summed E-state index contributed by atoms with van der Waals surface area (Å²) < 4.78 is 49.8. The van der Waals surface area contributed by atoms with Gasteiger partial charge in [0.15, 0.2) is 0 Å². The van der Waals surface area contributed by atoms with E-state index in [1.54, 1.807) is 12.3 Å². The molecule has 0 saturated heterocycles. The van der Waals surface area contributed by atoms with Gasteiger partial charge < -0.3 is 9.55 Å².